The lowest BCUT2D eigenvalue weighted by Crippen LogP contribution is -2.24. The van der Waals surface area contributed by atoms with E-state index in [1.54, 1.807) is 12.4 Å². The van der Waals surface area contributed by atoms with Crippen LogP contribution in [0.3, 0.4) is 0 Å². The maximum Gasteiger partial charge on any atom is 0.151 e. The number of aldehydes is 1. The summed E-state index contributed by atoms with van der Waals surface area (Å²) in [6.07, 6.45) is 7.39. The first-order valence-electron chi connectivity index (χ1n) is 4.62. The van der Waals surface area contributed by atoms with Gasteiger partial charge in [0.2, 0.25) is 0 Å². The van der Waals surface area contributed by atoms with Gasteiger partial charge in [-0.25, -0.2) is 9.97 Å². The molecule has 0 bridgehead atoms. The molecule has 1 saturated heterocycles. The van der Waals surface area contributed by atoms with Crippen LogP contribution in [0.5, 0.6) is 0 Å². The van der Waals surface area contributed by atoms with E-state index >= 15 is 0 Å². The largest absolute Gasteiger partial charge is 0.360 e. The minimum absolute atomic E-state index is 0.0357. The zero-order chi connectivity index (χ0) is 10.0. The highest BCUT2D eigenvalue weighted by Gasteiger charge is 2.36. The molecule has 4 heteroatoms. The van der Waals surface area contributed by atoms with Crippen molar-refractivity contribution in [3.8, 4) is 0 Å². The Labute approximate surface area is 82.3 Å². The molecule has 0 aliphatic carbocycles. The van der Waals surface area contributed by atoms with Crippen molar-refractivity contribution in [2.24, 2.45) is 0 Å². The summed E-state index contributed by atoms with van der Waals surface area (Å²) in [7, 11) is 0. The third kappa shape index (κ3) is 1.65. The molecule has 14 heavy (non-hydrogen) atoms. The lowest BCUT2D eigenvalue weighted by Gasteiger charge is -2.17. The van der Waals surface area contributed by atoms with Crippen LogP contribution in [0.15, 0.2) is 18.7 Å². The summed E-state index contributed by atoms with van der Waals surface area (Å²) in [5, 5.41) is 0. The fourth-order valence-electron chi connectivity index (χ4n) is 1.66. The number of hydrogen-bond acceptors (Lipinski definition) is 4. The van der Waals surface area contributed by atoms with Gasteiger partial charge >= 0.3 is 0 Å². The van der Waals surface area contributed by atoms with Crippen molar-refractivity contribution in [1.29, 1.82) is 0 Å². The topological polar surface area (TPSA) is 52.1 Å². The molecule has 2 unspecified atom stereocenters. The van der Waals surface area contributed by atoms with Crippen molar-refractivity contribution >= 4 is 6.29 Å². The minimum atomic E-state index is -0.624. The van der Waals surface area contributed by atoms with Gasteiger partial charge in [-0.3, -0.25) is 0 Å². The van der Waals surface area contributed by atoms with E-state index in [1.807, 2.05) is 6.92 Å². The number of rotatable bonds is 2. The monoisotopic (exact) mass is 192 g/mol. The van der Waals surface area contributed by atoms with Gasteiger partial charge in [0.15, 0.2) is 6.29 Å². The number of nitrogens with zero attached hydrogens (tertiary/aromatic N) is 2. The van der Waals surface area contributed by atoms with Gasteiger partial charge in [0.05, 0.1) is 6.10 Å². The molecule has 1 fully saturated rings. The van der Waals surface area contributed by atoms with Gasteiger partial charge in [-0.2, -0.15) is 0 Å². The molecule has 2 atom stereocenters. The average Bonchev–Trinajstić information content (AvgIpc) is 2.63. The van der Waals surface area contributed by atoms with Crippen molar-refractivity contribution in [3.63, 3.8) is 0 Å². The number of hydrogen-bond donors (Lipinski definition) is 0. The highest BCUT2D eigenvalue weighted by Crippen LogP contribution is 2.37. The van der Waals surface area contributed by atoms with Crippen LogP contribution >= 0.6 is 0 Å². The van der Waals surface area contributed by atoms with Crippen LogP contribution in [-0.2, 0) is 9.53 Å². The molecule has 2 heterocycles. The summed E-state index contributed by atoms with van der Waals surface area (Å²) in [4.78, 5) is 18.6. The summed E-state index contributed by atoms with van der Waals surface area (Å²) in [5.41, 5.74) is 0.318. The Balaban J connectivity index is 2.14. The molecule has 0 aromatic carbocycles. The minimum Gasteiger partial charge on any atom is -0.360 e. The van der Waals surface area contributed by atoms with Gasteiger partial charge in [0.25, 0.3) is 0 Å². The van der Waals surface area contributed by atoms with Gasteiger partial charge in [0, 0.05) is 18.0 Å². The molecular weight excluding hydrogens is 180 g/mol. The van der Waals surface area contributed by atoms with Gasteiger partial charge in [-0.15, -0.1) is 0 Å². The zero-order valence-electron chi connectivity index (χ0n) is 8.01. The van der Waals surface area contributed by atoms with E-state index < -0.39 is 5.60 Å². The van der Waals surface area contributed by atoms with E-state index in [1.165, 1.54) is 6.33 Å². The quantitative estimate of drug-likeness (QED) is 0.662. The summed E-state index contributed by atoms with van der Waals surface area (Å²) in [6.45, 7) is 1.81. The zero-order valence-corrected chi connectivity index (χ0v) is 8.01. The molecule has 0 N–H and O–H groups in total. The van der Waals surface area contributed by atoms with Crippen molar-refractivity contribution < 1.29 is 9.53 Å². The van der Waals surface area contributed by atoms with E-state index in [2.05, 4.69) is 9.97 Å². The second-order valence-corrected chi connectivity index (χ2v) is 3.75. The molecule has 1 aromatic rings. The average molecular weight is 192 g/mol. The number of carbonyl (C=O) groups is 1. The Morgan fingerprint density at radius 2 is 2.29 bits per heavy atom. The van der Waals surface area contributed by atoms with Crippen LogP contribution in [0.4, 0.5) is 0 Å². The van der Waals surface area contributed by atoms with Crippen LogP contribution in [0.1, 0.15) is 31.4 Å². The van der Waals surface area contributed by atoms with Crippen molar-refractivity contribution in [2.75, 3.05) is 0 Å². The van der Waals surface area contributed by atoms with Crippen LogP contribution in [0.25, 0.3) is 0 Å². The third-order valence-corrected chi connectivity index (χ3v) is 2.52. The molecular formula is C10H12N2O2. The molecule has 2 rings (SSSR count). The summed E-state index contributed by atoms with van der Waals surface area (Å²) < 4.78 is 5.64. The fraction of sp³-hybridized carbons (Fsp3) is 0.500. The highest BCUT2D eigenvalue weighted by molar-refractivity contribution is 5.62. The second kappa shape index (κ2) is 3.46. The Morgan fingerprint density at radius 1 is 1.57 bits per heavy atom. The second-order valence-electron chi connectivity index (χ2n) is 3.75. The Bertz CT molecular complexity index is 328. The number of carbonyl (C=O) groups excluding carboxylic acids is 1. The number of aromatic nitrogens is 2. The Kier molecular flexibility index (Phi) is 2.29. The molecule has 1 aliphatic heterocycles. The smallest absolute Gasteiger partial charge is 0.151 e. The molecule has 1 aromatic heterocycles. The standard InChI is InChI=1S/C10H12N2O2/c1-10(6-13)3-2-9(14-10)8-4-11-7-12-5-8/h4-7,9H,2-3H2,1H3. The first kappa shape index (κ1) is 9.27. The van der Waals surface area contributed by atoms with Gasteiger partial charge < -0.3 is 9.53 Å². The van der Waals surface area contributed by atoms with Crippen molar-refractivity contribution in [2.45, 2.75) is 31.5 Å². The lowest BCUT2D eigenvalue weighted by molar-refractivity contribution is -0.127. The fourth-order valence-corrected chi connectivity index (χ4v) is 1.66. The van der Waals surface area contributed by atoms with Gasteiger partial charge in [-0.1, -0.05) is 0 Å². The number of ether oxygens (including phenoxy) is 1. The van der Waals surface area contributed by atoms with Crippen molar-refractivity contribution in [3.05, 3.63) is 24.3 Å². The van der Waals surface area contributed by atoms with Crippen molar-refractivity contribution in [1.82, 2.24) is 9.97 Å². The molecule has 0 amide bonds. The molecule has 4 nitrogen and oxygen atoms in total. The normalized spacial score (nSPS) is 31.6. The maximum absolute atomic E-state index is 10.7. The summed E-state index contributed by atoms with van der Waals surface area (Å²) in [6, 6.07) is 0. The van der Waals surface area contributed by atoms with E-state index in [0.29, 0.717) is 0 Å². The predicted molar refractivity (Wildman–Crippen MR) is 49.6 cm³/mol. The van der Waals surface area contributed by atoms with Gasteiger partial charge in [-0.05, 0) is 19.8 Å². The van der Waals surface area contributed by atoms with Crippen LogP contribution in [0, 0.1) is 0 Å². The van der Waals surface area contributed by atoms with Gasteiger partial charge in [0.1, 0.15) is 11.9 Å². The first-order valence-corrected chi connectivity index (χ1v) is 4.62. The highest BCUT2D eigenvalue weighted by atomic mass is 16.5. The molecule has 0 saturated carbocycles. The van der Waals surface area contributed by atoms with E-state index in [9.17, 15) is 4.79 Å². The molecule has 0 spiro atoms. The summed E-state index contributed by atoms with van der Waals surface area (Å²) >= 11 is 0. The van der Waals surface area contributed by atoms with E-state index in [0.717, 1.165) is 24.7 Å². The Morgan fingerprint density at radius 3 is 2.86 bits per heavy atom. The third-order valence-electron chi connectivity index (χ3n) is 2.52. The SMILES string of the molecule is CC1(C=O)CCC(c2cncnc2)O1. The van der Waals surface area contributed by atoms with E-state index in [4.69, 9.17) is 4.74 Å². The van der Waals surface area contributed by atoms with Crippen LogP contribution < -0.4 is 0 Å². The van der Waals surface area contributed by atoms with Crippen LogP contribution in [-0.4, -0.2) is 21.9 Å². The Hall–Kier alpha value is -1.29. The molecule has 0 radical (unpaired) electrons. The summed E-state index contributed by atoms with van der Waals surface area (Å²) in [5.74, 6) is 0. The van der Waals surface area contributed by atoms with Crippen LogP contribution in [0.2, 0.25) is 0 Å². The lowest BCUT2D eigenvalue weighted by atomic mass is 10.0. The predicted octanol–water partition coefficient (Wildman–Crippen LogP) is 1.29. The maximum atomic E-state index is 10.7. The first-order chi connectivity index (χ1) is 6.73. The van der Waals surface area contributed by atoms with E-state index in [-0.39, 0.29) is 6.10 Å². The molecule has 74 valence electrons. The molecule has 1 aliphatic rings.